The average molecular weight is 388 g/mol. The number of benzene rings is 1. The van der Waals surface area contributed by atoms with Crippen LogP contribution in [0, 0.1) is 12.8 Å². The Morgan fingerprint density at radius 3 is 2.56 bits per heavy atom. The second kappa shape index (κ2) is 9.86. The van der Waals surface area contributed by atoms with E-state index in [4.69, 9.17) is 0 Å². The zero-order chi connectivity index (χ0) is 18.5. The van der Waals surface area contributed by atoms with Crippen molar-refractivity contribution in [1.29, 1.82) is 0 Å². The van der Waals surface area contributed by atoms with E-state index in [0.717, 1.165) is 24.0 Å². The molecule has 0 spiro atoms. The first-order chi connectivity index (χ1) is 12.6. The van der Waals surface area contributed by atoms with Crippen molar-refractivity contribution < 1.29 is 4.79 Å². The number of aromatic nitrogens is 1. The molecule has 0 radical (unpaired) electrons. The second-order valence-electron chi connectivity index (χ2n) is 7.54. The summed E-state index contributed by atoms with van der Waals surface area (Å²) < 4.78 is 0. The maximum absolute atomic E-state index is 12.9. The molecule has 1 heterocycles. The maximum Gasteiger partial charge on any atom is 0.251 e. The van der Waals surface area contributed by atoms with Crippen LogP contribution in [-0.4, -0.2) is 35.9 Å². The van der Waals surface area contributed by atoms with Crippen molar-refractivity contribution in [3.63, 3.8) is 0 Å². The number of pyridine rings is 1. The standard InChI is InChI=1S/C22H29N3O.ClH/c1-16-9-4-5-11-18(16)22(26)24-20-13-7-6-12-19(20)21(25(2)3)17-10-8-14-23-15-17;/h4-5,8-11,14-15,19-21H,6-7,12-13H2,1-3H3,(H,24,26);1H. The Balaban J connectivity index is 0.00000261. The molecular weight excluding hydrogens is 358 g/mol. The highest BCUT2D eigenvalue weighted by Gasteiger charge is 2.35. The van der Waals surface area contributed by atoms with Crippen LogP contribution in [-0.2, 0) is 0 Å². The van der Waals surface area contributed by atoms with E-state index in [-0.39, 0.29) is 30.4 Å². The fraction of sp³-hybridized carbons (Fsp3) is 0.455. The SMILES string of the molecule is Cc1ccccc1C(=O)NC1CCCCC1C(c1cccnc1)N(C)C.Cl. The summed E-state index contributed by atoms with van der Waals surface area (Å²) in [5.41, 5.74) is 3.02. The van der Waals surface area contributed by atoms with E-state index in [2.05, 4.69) is 35.4 Å². The number of aryl methyl sites for hydroxylation is 1. The van der Waals surface area contributed by atoms with Gasteiger partial charge in [0.1, 0.15) is 0 Å². The van der Waals surface area contributed by atoms with Gasteiger partial charge in [-0.15, -0.1) is 12.4 Å². The van der Waals surface area contributed by atoms with E-state index in [0.29, 0.717) is 5.92 Å². The van der Waals surface area contributed by atoms with Gasteiger partial charge in [0.25, 0.3) is 5.91 Å². The fourth-order valence-corrected chi connectivity index (χ4v) is 4.27. The van der Waals surface area contributed by atoms with Crippen molar-refractivity contribution in [2.75, 3.05) is 14.1 Å². The number of carbonyl (C=O) groups excluding carboxylic acids is 1. The first-order valence-electron chi connectivity index (χ1n) is 9.51. The highest BCUT2D eigenvalue weighted by atomic mass is 35.5. The summed E-state index contributed by atoms with van der Waals surface area (Å²) in [5.74, 6) is 0.430. The van der Waals surface area contributed by atoms with Gasteiger partial charge in [-0.2, -0.15) is 0 Å². The summed E-state index contributed by atoms with van der Waals surface area (Å²) in [6.07, 6.45) is 8.31. The minimum atomic E-state index is 0. The summed E-state index contributed by atoms with van der Waals surface area (Å²) in [7, 11) is 4.24. The molecule has 5 heteroatoms. The fourth-order valence-electron chi connectivity index (χ4n) is 4.27. The first kappa shape index (κ1) is 21.4. The zero-order valence-corrected chi connectivity index (χ0v) is 17.2. The molecule has 1 N–H and O–H groups in total. The number of carbonyl (C=O) groups is 1. The van der Waals surface area contributed by atoms with Gasteiger partial charge in [0.2, 0.25) is 0 Å². The van der Waals surface area contributed by atoms with Crippen LogP contribution in [0.5, 0.6) is 0 Å². The van der Waals surface area contributed by atoms with E-state index < -0.39 is 0 Å². The summed E-state index contributed by atoms with van der Waals surface area (Å²) >= 11 is 0. The molecule has 1 aliphatic carbocycles. The van der Waals surface area contributed by atoms with Crippen LogP contribution >= 0.6 is 12.4 Å². The van der Waals surface area contributed by atoms with E-state index in [1.165, 1.54) is 18.4 Å². The maximum atomic E-state index is 12.9. The average Bonchev–Trinajstić information content (AvgIpc) is 2.64. The molecule has 1 aliphatic rings. The van der Waals surface area contributed by atoms with Gasteiger partial charge in [-0.25, -0.2) is 0 Å². The van der Waals surface area contributed by atoms with E-state index in [1.807, 2.05) is 49.6 Å². The van der Waals surface area contributed by atoms with Crippen molar-refractivity contribution in [2.45, 2.75) is 44.7 Å². The van der Waals surface area contributed by atoms with Crippen molar-refractivity contribution in [3.8, 4) is 0 Å². The molecule has 1 aromatic carbocycles. The van der Waals surface area contributed by atoms with Crippen LogP contribution in [0.2, 0.25) is 0 Å². The Labute approximate surface area is 168 Å². The number of halogens is 1. The molecule has 1 aromatic heterocycles. The molecule has 0 bridgehead atoms. The van der Waals surface area contributed by atoms with Gasteiger partial charge in [0, 0.05) is 30.0 Å². The molecule has 0 saturated heterocycles. The lowest BCUT2D eigenvalue weighted by Gasteiger charge is -2.40. The number of nitrogens with zero attached hydrogens (tertiary/aromatic N) is 2. The molecule has 1 fully saturated rings. The van der Waals surface area contributed by atoms with E-state index in [9.17, 15) is 4.79 Å². The number of rotatable bonds is 5. The van der Waals surface area contributed by atoms with Crippen molar-refractivity contribution in [2.24, 2.45) is 5.92 Å². The van der Waals surface area contributed by atoms with Gasteiger partial charge in [-0.3, -0.25) is 9.78 Å². The highest BCUT2D eigenvalue weighted by molar-refractivity contribution is 5.95. The van der Waals surface area contributed by atoms with Crippen LogP contribution in [0.1, 0.15) is 53.2 Å². The highest BCUT2D eigenvalue weighted by Crippen LogP contribution is 2.37. The Hall–Kier alpha value is -1.91. The molecule has 3 rings (SSSR count). The predicted molar refractivity (Wildman–Crippen MR) is 112 cm³/mol. The summed E-state index contributed by atoms with van der Waals surface area (Å²) in [6.45, 7) is 1.99. The van der Waals surface area contributed by atoms with Crippen molar-refractivity contribution >= 4 is 18.3 Å². The number of hydrogen-bond acceptors (Lipinski definition) is 3. The van der Waals surface area contributed by atoms with Crippen LogP contribution in [0.25, 0.3) is 0 Å². The first-order valence-corrected chi connectivity index (χ1v) is 9.51. The number of amides is 1. The number of nitrogens with one attached hydrogen (secondary N) is 1. The minimum Gasteiger partial charge on any atom is -0.349 e. The molecule has 1 amide bonds. The Morgan fingerprint density at radius 2 is 1.89 bits per heavy atom. The van der Waals surface area contributed by atoms with Gasteiger partial charge < -0.3 is 10.2 Å². The Kier molecular flexibility index (Phi) is 7.81. The Morgan fingerprint density at radius 1 is 1.15 bits per heavy atom. The quantitative estimate of drug-likeness (QED) is 0.826. The van der Waals surface area contributed by atoms with Crippen LogP contribution in [0.15, 0.2) is 48.8 Å². The van der Waals surface area contributed by atoms with Crippen molar-refractivity contribution in [1.82, 2.24) is 15.2 Å². The lowest BCUT2D eigenvalue weighted by atomic mass is 9.77. The van der Waals surface area contributed by atoms with Crippen LogP contribution in [0.4, 0.5) is 0 Å². The van der Waals surface area contributed by atoms with E-state index in [1.54, 1.807) is 0 Å². The zero-order valence-electron chi connectivity index (χ0n) is 16.4. The van der Waals surface area contributed by atoms with Gasteiger partial charge in [-0.1, -0.05) is 37.1 Å². The van der Waals surface area contributed by atoms with Crippen LogP contribution in [0.3, 0.4) is 0 Å². The summed E-state index contributed by atoms with van der Waals surface area (Å²) in [4.78, 5) is 19.4. The summed E-state index contributed by atoms with van der Waals surface area (Å²) in [5, 5.41) is 3.35. The molecule has 0 aliphatic heterocycles. The Bertz CT molecular complexity index is 735. The molecule has 1 saturated carbocycles. The summed E-state index contributed by atoms with van der Waals surface area (Å²) in [6, 6.07) is 12.4. The molecule has 3 atom stereocenters. The molecular formula is C22H30ClN3O. The molecule has 3 unspecified atom stereocenters. The molecule has 2 aromatic rings. The van der Waals surface area contributed by atoms with E-state index >= 15 is 0 Å². The monoisotopic (exact) mass is 387 g/mol. The molecule has 4 nitrogen and oxygen atoms in total. The van der Waals surface area contributed by atoms with Gasteiger partial charge in [0.15, 0.2) is 0 Å². The van der Waals surface area contributed by atoms with Gasteiger partial charge in [0.05, 0.1) is 0 Å². The normalized spacial score (nSPS) is 20.6. The second-order valence-corrected chi connectivity index (χ2v) is 7.54. The van der Waals surface area contributed by atoms with Crippen molar-refractivity contribution in [3.05, 3.63) is 65.5 Å². The lowest BCUT2D eigenvalue weighted by Crippen LogP contribution is -2.47. The molecule has 146 valence electrons. The third kappa shape index (κ3) is 5.08. The van der Waals surface area contributed by atoms with Crippen LogP contribution < -0.4 is 5.32 Å². The topological polar surface area (TPSA) is 45.2 Å². The number of hydrogen-bond donors (Lipinski definition) is 1. The smallest absolute Gasteiger partial charge is 0.251 e. The van der Waals surface area contributed by atoms with Gasteiger partial charge >= 0.3 is 0 Å². The molecule has 27 heavy (non-hydrogen) atoms. The minimum absolute atomic E-state index is 0. The predicted octanol–water partition coefficient (Wildman–Crippen LogP) is 4.40. The largest absolute Gasteiger partial charge is 0.349 e. The third-order valence-electron chi connectivity index (χ3n) is 5.51. The lowest BCUT2D eigenvalue weighted by molar-refractivity contribution is 0.0844. The van der Waals surface area contributed by atoms with Gasteiger partial charge in [-0.05, 0) is 63.0 Å². The third-order valence-corrected chi connectivity index (χ3v) is 5.51.